The van der Waals surface area contributed by atoms with Crippen molar-refractivity contribution in [2.24, 2.45) is 0 Å². The van der Waals surface area contributed by atoms with Crippen LogP contribution in [0.1, 0.15) is 40.0 Å². The molecule has 0 saturated carbocycles. The van der Waals surface area contributed by atoms with Crippen molar-refractivity contribution in [3.63, 3.8) is 0 Å². The van der Waals surface area contributed by atoms with Crippen LogP contribution in [0, 0.1) is 0 Å². The summed E-state index contributed by atoms with van der Waals surface area (Å²) in [5.41, 5.74) is 0. The Labute approximate surface area is 99.0 Å². The maximum Gasteiger partial charge on any atom is 0.0897 e. The van der Waals surface area contributed by atoms with E-state index in [1.807, 2.05) is 6.92 Å². The first-order chi connectivity index (χ1) is 7.56. The van der Waals surface area contributed by atoms with Gasteiger partial charge in [0.15, 0.2) is 0 Å². The van der Waals surface area contributed by atoms with Crippen LogP contribution >= 0.6 is 0 Å². The summed E-state index contributed by atoms with van der Waals surface area (Å²) >= 11 is 0. The number of aliphatic hydroxyl groups excluding tert-OH is 2. The van der Waals surface area contributed by atoms with E-state index in [1.165, 1.54) is 0 Å². The van der Waals surface area contributed by atoms with Crippen molar-refractivity contribution in [3.05, 3.63) is 0 Å². The molecular formula is C12H27NO3. The Kier molecular flexibility index (Phi) is 9.92. The first kappa shape index (κ1) is 15.8. The minimum absolute atomic E-state index is 0.213. The lowest BCUT2D eigenvalue weighted by Gasteiger charge is -2.18. The third kappa shape index (κ3) is 10.4. The monoisotopic (exact) mass is 233 g/mol. The van der Waals surface area contributed by atoms with Gasteiger partial charge < -0.3 is 20.3 Å². The summed E-state index contributed by atoms with van der Waals surface area (Å²) in [7, 11) is 0. The Hall–Kier alpha value is -0.160. The van der Waals surface area contributed by atoms with Gasteiger partial charge in [0.2, 0.25) is 0 Å². The zero-order valence-electron chi connectivity index (χ0n) is 10.8. The molecule has 0 rings (SSSR count). The van der Waals surface area contributed by atoms with E-state index in [-0.39, 0.29) is 12.1 Å². The fourth-order valence-corrected chi connectivity index (χ4v) is 1.46. The van der Waals surface area contributed by atoms with E-state index >= 15 is 0 Å². The molecule has 16 heavy (non-hydrogen) atoms. The van der Waals surface area contributed by atoms with Crippen molar-refractivity contribution in [1.29, 1.82) is 0 Å². The molecule has 0 radical (unpaired) electrons. The summed E-state index contributed by atoms with van der Waals surface area (Å²) in [4.78, 5) is 0. The highest BCUT2D eigenvalue weighted by atomic mass is 16.5. The minimum atomic E-state index is -0.465. The van der Waals surface area contributed by atoms with Crippen molar-refractivity contribution in [1.82, 2.24) is 5.32 Å². The summed E-state index contributed by atoms with van der Waals surface area (Å²) in [6.07, 6.45) is 2.08. The maximum atomic E-state index is 9.58. The highest BCUT2D eigenvalue weighted by Gasteiger charge is 2.08. The topological polar surface area (TPSA) is 61.7 Å². The molecule has 4 heteroatoms. The average molecular weight is 233 g/mol. The molecule has 3 atom stereocenters. The zero-order valence-corrected chi connectivity index (χ0v) is 10.8. The third-order valence-corrected chi connectivity index (χ3v) is 2.35. The van der Waals surface area contributed by atoms with Gasteiger partial charge in [0, 0.05) is 19.2 Å². The van der Waals surface area contributed by atoms with E-state index in [9.17, 15) is 5.11 Å². The van der Waals surface area contributed by atoms with Crippen molar-refractivity contribution in [3.8, 4) is 0 Å². The molecule has 0 aliphatic heterocycles. The van der Waals surface area contributed by atoms with Crippen molar-refractivity contribution in [2.45, 2.75) is 58.3 Å². The van der Waals surface area contributed by atoms with Crippen LogP contribution in [0.25, 0.3) is 0 Å². The lowest BCUT2D eigenvalue weighted by atomic mass is 10.1. The third-order valence-electron chi connectivity index (χ3n) is 2.35. The van der Waals surface area contributed by atoms with E-state index in [0.29, 0.717) is 19.6 Å². The highest BCUT2D eigenvalue weighted by Crippen LogP contribution is 1.97. The predicted molar refractivity (Wildman–Crippen MR) is 65.5 cm³/mol. The van der Waals surface area contributed by atoms with Gasteiger partial charge >= 0.3 is 0 Å². The first-order valence-corrected chi connectivity index (χ1v) is 6.23. The summed E-state index contributed by atoms with van der Waals surface area (Å²) in [6, 6.07) is 0.213. The van der Waals surface area contributed by atoms with Crippen molar-refractivity contribution >= 4 is 0 Å². The fraction of sp³-hybridized carbons (Fsp3) is 1.00. The molecule has 0 aromatic carbocycles. The molecular weight excluding hydrogens is 206 g/mol. The molecule has 0 fully saturated rings. The lowest BCUT2D eigenvalue weighted by molar-refractivity contribution is 0.0339. The SMILES string of the molecule is CCCCOCC(O)CNC(C)CC(C)O. The summed E-state index contributed by atoms with van der Waals surface area (Å²) in [5.74, 6) is 0. The molecule has 3 N–H and O–H groups in total. The lowest BCUT2D eigenvalue weighted by Crippen LogP contribution is -2.37. The van der Waals surface area contributed by atoms with Gasteiger partial charge in [0.25, 0.3) is 0 Å². The van der Waals surface area contributed by atoms with E-state index < -0.39 is 6.10 Å². The van der Waals surface area contributed by atoms with Crippen LogP contribution in [0.5, 0.6) is 0 Å². The van der Waals surface area contributed by atoms with Crippen LogP contribution in [0.15, 0.2) is 0 Å². The number of rotatable bonds is 10. The molecule has 3 unspecified atom stereocenters. The van der Waals surface area contributed by atoms with Gasteiger partial charge in [-0.05, 0) is 26.7 Å². The number of hydrogen-bond donors (Lipinski definition) is 3. The van der Waals surface area contributed by atoms with Crippen molar-refractivity contribution < 1.29 is 14.9 Å². The summed E-state index contributed by atoms with van der Waals surface area (Å²) < 4.78 is 5.31. The number of aliphatic hydroxyl groups is 2. The Balaban J connectivity index is 3.38. The quantitative estimate of drug-likeness (QED) is 0.491. The number of ether oxygens (including phenoxy) is 1. The van der Waals surface area contributed by atoms with Gasteiger partial charge in [-0.15, -0.1) is 0 Å². The second kappa shape index (κ2) is 10.0. The van der Waals surface area contributed by atoms with Crippen LogP contribution in [0.2, 0.25) is 0 Å². The molecule has 0 aromatic heterocycles. The largest absolute Gasteiger partial charge is 0.393 e. The summed E-state index contributed by atoms with van der Waals surface area (Å²) in [6.45, 7) is 7.49. The number of unbranched alkanes of at least 4 members (excludes halogenated alkanes) is 1. The first-order valence-electron chi connectivity index (χ1n) is 6.23. The smallest absolute Gasteiger partial charge is 0.0897 e. The van der Waals surface area contributed by atoms with Gasteiger partial charge in [-0.2, -0.15) is 0 Å². The average Bonchev–Trinajstić information content (AvgIpc) is 2.20. The zero-order chi connectivity index (χ0) is 12.4. The Bertz CT molecular complexity index is 153. The molecule has 0 amide bonds. The van der Waals surface area contributed by atoms with Crippen LogP contribution in [-0.4, -0.2) is 48.2 Å². The second-order valence-electron chi connectivity index (χ2n) is 4.48. The minimum Gasteiger partial charge on any atom is -0.393 e. The Morgan fingerprint density at radius 3 is 2.50 bits per heavy atom. The fourth-order valence-electron chi connectivity index (χ4n) is 1.46. The van der Waals surface area contributed by atoms with E-state index in [1.54, 1.807) is 6.92 Å². The molecule has 0 aromatic rings. The predicted octanol–water partition coefficient (Wildman–Crippen LogP) is 0.913. The van der Waals surface area contributed by atoms with E-state index in [4.69, 9.17) is 9.84 Å². The van der Waals surface area contributed by atoms with Gasteiger partial charge in [0.1, 0.15) is 0 Å². The highest BCUT2D eigenvalue weighted by molar-refractivity contribution is 4.67. The normalized spacial score (nSPS) is 17.1. The second-order valence-corrected chi connectivity index (χ2v) is 4.48. The van der Waals surface area contributed by atoms with Crippen LogP contribution in [0.3, 0.4) is 0 Å². The van der Waals surface area contributed by atoms with Gasteiger partial charge in [-0.3, -0.25) is 0 Å². The molecule has 0 aliphatic rings. The van der Waals surface area contributed by atoms with Gasteiger partial charge in [0.05, 0.1) is 18.8 Å². The van der Waals surface area contributed by atoms with Crippen LogP contribution in [0.4, 0.5) is 0 Å². The molecule has 0 spiro atoms. The maximum absolute atomic E-state index is 9.58. The van der Waals surface area contributed by atoms with Crippen LogP contribution in [-0.2, 0) is 4.74 Å². The van der Waals surface area contributed by atoms with Crippen LogP contribution < -0.4 is 5.32 Å². The number of nitrogens with one attached hydrogen (secondary N) is 1. The molecule has 98 valence electrons. The molecule has 0 saturated heterocycles. The standard InChI is InChI=1S/C12H27NO3/c1-4-5-6-16-9-12(15)8-13-10(2)7-11(3)14/h10-15H,4-9H2,1-3H3. The number of hydrogen-bond acceptors (Lipinski definition) is 4. The molecule has 4 nitrogen and oxygen atoms in total. The van der Waals surface area contributed by atoms with E-state index in [0.717, 1.165) is 19.4 Å². The Morgan fingerprint density at radius 2 is 1.94 bits per heavy atom. The molecule has 0 heterocycles. The Morgan fingerprint density at radius 1 is 1.25 bits per heavy atom. The van der Waals surface area contributed by atoms with Gasteiger partial charge in [-0.1, -0.05) is 13.3 Å². The van der Waals surface area contributed by atoms with E-state index in [2.05, 4.69) is 12.2 Å². The molecule has 0 aliphatic carbocycles. The molecule has 0 bridgehead atoms. The van der Waals surface area contributed by atoms with Crippen molar-refractivity contribution in [2.75, 3.05) is 19.8 Å². The van der Waals surface area contributed by atoms with Gasteiger partial charge in [-0.25, -0.2) is 0 Å². The summed E-state index contributed by atoms with van der Waals surface area (Å²) in [5, 5.41) is 21.9.